The van der Waals surface area contributed by atoms with Gasteiger partial charge in [-0.2, -0.15) is 0 Å². The number of hydrogen-bond acceptors (Lipinski definition) is 2. The summed E-state index contributed by atoms with van der Waals surface area (Å²) in [6, 6.07) is 0. The zero-order valence-electron chi connectivity index (χ0n) is 15.6. The molecule has 0 N–H and O–H groups in total. The second-order valence-corrected chi connectivity index (χ2v) is 9.75. The van der Waals surface area contributed by atoms with Crippen molar-refractivity contribution in [1.29, 1.82) is 0 Å². The molecule has 2 heteroatoms. The lowest BCUT2D eigenvalue weighted by atomic mass is 9.78. The third-order valence-electron chi connectivity index (χ3n) is 7.90. The van der Waals surface area contributed by atoms with Crippen LogP contribution in [0.4, 0.5) is 0 Å². The minimum absolute atomic E-state index is 0.209. The van der Waals surface area contributed by atoms with E-state index >= 15 is 0 Å². The Balaban J connectivity index is 1.12. The number of ketones is 1. The number of rotatable bonds is 7. The molecule has 0 aromatic carbocycles. The second-order valence-electron chi connectivity index (χ2n) is 9.75. The van der Waals surface area contributed by atoms with E-state index in [1.807, 2.05) is 0 Å². The Kier molecular flexibility index (Phi) is 4.18. The third kappa shape index (κ3) is 3.23. The highest BCUT2D eigenvalue weighted by atomic mass is 16.6. The van der Waals surface area contributed by atoms with E-state index in [2.05, 4.69) is 20.4 Å². The van der Waals surface area contributed by atoms with Crippen molar-refractivity contribution in [1.82, 2.24) is 0 Å². The van der Waals surface area contributed by atoms with Crippen LogP contribution in [0.5, 0.6) is 0 Å². The molecule has 1 heterocycles. The summed E-state index contributed by atoms with van der Waals surface area (Å²) >= 11 is 0. The highest BCUT2D eigenvalue weighted by Gasteiger charge is 2.55. The van der Waals surface area contributed by atoms with Gasteiger partial charge in [-0.1, -0.05) is 19.1 Å². The van der Waals surface area contributed by atoms with Crippen molar-refractivity contribution in [2.75, 3.05) is 0 Å². The quantitative estimate of drug-likeness (QED) is 0.352. The van der Waals surface area contributed by atoms with Crippen LogP contribution >= 0.6 is 0 Å². The molecule has 6 atom stereocenters. The van der Waals surface area contributed by atoms with Gasteiger partial charge in [0.2, 0.25) is 0 Å². The zero-order chi connectivity index (χ0) is 16.9. The fraction of sp³-hybridized carbons (Fsp3) is 0.864. The van der Waals surface area contributed by atoms with Crippen LogP contribution in [0.15, 0.2) is 12.2 Å². The molecule has 24 heavy (non-hydrogen) atoms. The normalized spacial score (nSPS) is 45.9. The molecular weight excluding hydrogens is 296 g/mol. The number of carbonyl (C=O) groups excluding carboxylic acids is 1. The van der Waals surface area contributed by atoms with E-state index in [9.17, 15) is 4.79 Å². The van der Waals surface area contributed by atoms with E-state index in [0.29, 0.717) is 29.1 Å². The van der Waals surface area contributed by atoms with Crippen LogP contribution in [0.3, 0.4) is 0 Å². The number of allylic oxidation sites excluding steroid dienone is 1. The van der Waals surface area contributed by atoms with Crippen LogP contribution in [0.25, 0.3) is 0 Å². The van der Waals surface area contributed by atoms with Crippen molar-refractivity contribution < 1.29 is 9.53 Å². The van der Waals surface area contributed by atoms with E-state index in [4.69, 9.17) is 4.74 Å². The first-order valence-electron chi connectivity index (χ1n) is 10.3. The summed E-state index contributed by atoms with van der Waals surface area (Å²) in [5.41, 5.74) is 2.24. The van der Waals surface area contributed by atoms with Crippen LogP contribution < -0.4 is 0 Å². The first-order chi connectivity index (χ1) is 11.4. The number of unbranched alkanes of at least 4 members (excludes halogenated alkanes) is 1. The molecule has 4 aliphatic rings. The Labute approximate surface area is 147 Å². The van der Waals surface area contributed by atoms with E-state index < -0.39 is 0 Å². The van der Waals surface area contributed by atoms with Crippen molar-refractivity contribution >= 4 is 5.78 Å². The Bertz CT molecular complexity index is 490. The van der Waals surface area contributed by atoms with Gasteiger partial charge in [-0.15, -0.1) is 0 Å². The van der Waals surface area contributed by atoms with Gasteiger partial charge in [0.15, 0.2) is 0 Å². The molecule has 0 radical (unpaired) electrons. The molecule has 1 aliphatic heterocycles. The number of Topliss-reactive ketones (excluding diaryl/α,β-unsaturated/α-hetero) is 1. The lowest BCUT2D eigenvalue weighted by Gasteiger charge is -2.25. The number of fused-ring (bicyclic) bond motifs is 2. The fourth-order valence-corrected chi connectivity index (χ4v) is 5.51. The molecule has 2 nitrogen and oxygen atoms in total. The van der Waals surface area contributed by atoms with Crippen molar-refractivity contribution in [2.45, 2.75) is 96.2 Å². The van der Waals surface area contributed by atoms with E-state index in [0.717, 1.165) is 38.0 Å². The lowest BCUT2D eigenvalue weighted by Crippen LogP contribution is -2.22. The monoisotopic (exact) mass is 330 g/mol. The predicted octanol–water partition coefficient (Wildman–Crippen LogP) is 5.46. The maximum atomic E-state index is 12.5. The molecule has 0 amide bonds. The molecule has 0 bridgehead atoms. The van der Waals surface area contributed by atoms with Gasteiger partial charge in [0.05, 0.1) is 11.7 Å². The lowest BCUT2D eigenvalue weighted by molar-refractivity contribution is -0.124. The van der Waals surface area contributed by atoms with Crippen LogP contribution in [0, 0.1) is 23.2 Å². The summed E-state index contributed by atoms with van der Waals surface area (Å²) in [5.74, 6) is 2.46. The van der Waals surface area contributed by atoms with Gasteiger partial charge in [-0.05, 0) is 88.4 Å². The zero-order valence-corrected chi connectivity index (χ0v) is 15.6. The second kappa shape index (κ2) is 5.97. The molecule has 0 spiro atoms. The topological polar surface area (TPSA) is 29.6 Å². The Morgan fingerprint density at radius 3 is 2.58 bits per heavy atom. The summed E-state index contributed by atoms with van der Waals surface area (Å²) in [4.78, 5) is 12.5. The summed E-state index contributed by atoms with van der Waals surface area (Å²) in [5, 5.41) is 0. The first kappa shape index (κ1) is 16.8. The van der Waals surface area contributed by atoms with Crippen LogP contribution in [-0.4, -0.2) is 17.5 Å². The van der Waals surface area contributed by atoms with E-state index in [1.54, 1.807) is 0 Å². The molecular formula is C22H34O2. The Morgan fingerprint density at radius 1 is 1.08 bits per heavy atom. The first-order valence-corrected chi connectivity index (χ1v) is 10.3. The molecule has 134 valence electrons. The Hall–Kier alpha value is -0.630. The van der Waals surface area contributed by atoms with Gasteiger partial charge in [0.1, 0.15) is 5.78 Å². The number of hydrogen-bond donors (Lipinski definition) is 0. The van der Waals surface area contributed by atoms with Crippen molar-refractivity contribution in [2.24, 2.45) is 23.2 Å². The van der Waals surface area contributed by atoms with Gasteiger partial charge in [-0.3, -0.25) is 4.79 Å². The SMILES string of the molecule is C=C(CCCCC(=O)C1CCC2(C)CC2C1)C1CCC2(C)OC2C1. The molecule has 3 saturated carbocycles. The molecule has 3 aliphatic carbocycles. The van der Waals surface area contributed by atoms with Crippen molar-refractivity contribution in [3.8, 4) is 0 Å². The highest BCUT2D eigenvalue weighted by molar-refractivity contribution is 5.81. The molecule has 4 fully saturated rings. The third-order valence-corrected chi connectivity index (χ3v) is 7.90. The maximum absolute atomic E-state index is 12.5. The van der Waals surface area contributed by atoms with Crippen LogP contribution in [0.1, 0.15) is 84.5 Å². The van der Waals surface area contributed by atoms with Crippen LogP contribution in [0.2, 0.25) is 0 Å². The standard InChI is InChI=1S/C22H34O2/c1-15(16-9-11-22(3)20(13-16)24-22)6-4-5-7-19(23)17-8-10-21(2)14-18(21)12-17/h16-18,20H,1,4-14H2,2-3H3. The van der Waals surface area contributed by atoms with Gasteiger partial charge < -0.3 is 4.74 Å². The van der Waals surface area contributed by atoms with Crippen LogP contribution in [-0.2, 0) is 9.53 Å². The summed E-state index contributed by atoms with van der Waals surface area (Å²) in [7, 11) is 0. The fourth-order valence-electron chi connectivity index (χ4n) is 5.51. The van der Waals surface area contributed by atoms with Gasteiger partial charge >= 0.3 is 0 Å². The van der Waals surface area contributed by atoms with Gasteiger partial charge in [0.25, 0.3) is 0 Å². The summed E-state index contributed by atoms with van der Waals surface area (Å²) < 4.78 is 5.80. The van der Waals surface area contributed by atoms with Crippen molar-refractivity contribution in [3.05, 3.63) is 12.2 Å². The van der Waals surface area contributed by atoms with E-state index in [-0.39, 0.29) is 5.60 Å². The summed E-state index contributed by atoms with van der Waals surface area (Å²) in [6.07, 6.45) is 13.2. The van der Waals surface area contributed by atoms with Crippen molar-refractivity contribution in [3.63, 3.8) is 0 Å². The molecule has 4 rings (SSSR count). The number of epoxide rings is 1. The average Bonchev–Trinajstić information content (AvgIpc) is 3.42. The van der Waals surface area contributed by atoms with Gasteiger partial charge in [-0.25, -0.2) is 0 Å². The Morgan fingerprint density at radius 2 is 1.83 bits per heavy atom. The predicted molar refractivity (Wildman–Crippen MR) is 96.8 cm³/mol. The molecule has 6 unspecified atom stereocenters. The summed E-state index contributed by atoms with van der Waals surface area (Å²) in [6.45, 7) is 9.00. The minimum Gasteiger partial charge on any atom is -0.366 e. The average molecular weight is 331 g/mol. The number of carbonyl (C=O) groups is 1. The van der Waals surface area contributed by atoms with E-state index in [1.165, 1.54) is 44.1 Å². The molecule has 1 saturated heterocycles. The van der Waals surface area contributed by atoms with Gasteiger partial charge in [0, 0.05) is 12.3 Å². The smallest absolute Gasteiger partial charge is 0.135 e. The largest absolute Gasteiger partial charge is 0.366 e. The maximum Gasteiger partial charge on any atom is 0.135 e. The number of ether oxygens (including phenoxy) is 1. The molecule has 0 aromatic rings. The molecule has 0 aromatic heterocycles. The minimum atomic E-state index is 0.209. The highest BCUT2D eigenvalue weighted by Crippen LogP contribution is 2.62.